The lowest BCUT2D eigenvalue weighted by atomic mass is 9.87. The van der Waals surface area contributed by atoms with E-state index >= 15 is 0 Å². The lowest BCUT2D eigenvalue weighted by molar-refractivity contribution is -0.132. The highest BCUT2D eigenvalue weighted by Gasteiger charge is 2.51. The van der Waals surface area contributed by atoms with E-state index in [0.717, 1.165) is 5.56 Å². The fourth-order valence-corrected chi connectivity index (χ4v) is 3.49. The van der Waals surface area contributed by atoms with Gasteiger partial charge in [-0.2, -0.15) is 0 Å². The van der Waals surface area contributed by atoms with Crippen molar-refractivity contribution in [3.05, 3.63) is 69.7 Å². The first-order valence-electron chi connectivity index (χ1n) is 7.62. The van der Waals surface area contributed by atoms with Crippen molar-refractivity contribution in [1.29, 1.82) is 0 Å². The molecule has 3 rings (SSSR count). The highest BCUT2D eigenvalue weighted by atomic mass is 35.5. The van der Waals surface area contributed by atoms with E-state index in [-0.39, 0.29) is 12.5 Å². The van der Waals surface area contributed by atoms with Crippen LogP contribution in [0.4, 0.5) is 4.79 Å². The first-order chi connectivity index (χ1) is 11.5. The number of carbonyl (C=O) groups is 2. The van der Waals surface area contributed by atoms with Gasteiger partial charge in [0.05, 0.1) is 6.54 Å². The summed E-state index contributed by atoms with van der Waals surface area (Å²) in [6.45, 7) is 1.91. The van der Waals surface area contributed by atoms with E-state index in [1.807, 2.05) is 37.3 Å². The van der Waals surface area contributed by atoms with Crippen molar-refractivity contribution in [2.75, 3.05) is 0 Å². The third-order valence-corrected chi connectivity index (χ3v) is 5.06. The molecule has 24 heavy (non-hydrogen) atoms. The Morgan fingerprint density at radius 1 is 1.00 bits per heavy atom. The molecule has 6 heteroatoms. The molecule has 0 aromatic heterocycles. The average molecular weight is 363 g/mol. The number of rotatable bonds is 4. The van der Waals surface area contributed by atoms with Crippen LogP contribution < -0.4 is 5.32 Å². The highest BCUT2D eigenvalue weighted by Crippen LogP contribution is 2.34. The Hall–Kier alpha value is -2.04. The van der Waals surface area contributed by atoms with Crippen LogP contribution in [0.25, 0.3) is 0 Å². The molecule has 0 aliphatic carbocycles. The van der Waals surface area contributed by atoms with Gasteiger partial charge in [0.15, 0.2) is 0 Å². The van der Waals surface area contributed by atoms with Gasteiger partial charge in [0, 0.05) is 15.6 Å². The van der Waals surface area contributed by atoms with Gasteiger partial charge in [0.25, 0.3) is 5.91 Å². The Labute approximate surface area is 150 Å². The number of nitrogens with one attached hydrogen (secondary N) is 1. The van der Waals surface area contributed by atoms with Crippen LogP contribution in [0.15, 0.2) is 48.5 Å². The molecular formula is C18H16Cl2N2O2. The molecule has 0 spiro atoms. The first kappa shape index (κ1) is 16.8. The molecule has 4 nitrogen and oxygen atoms in total. The van der Waals surface area contributed by atoms with E-state index < -0.39 is 11.6 Å². The standard InChI is InChI=1S/C18H16Cl2N2O2/c1-2-18(12-7-4-3-5-8-12)16(23)22(17(24)21-18)11-13-14(19)9-6-10-15(13)20/h3-10H,2,11H2,1H3,(H,21,24)/t18-/m1/s1. The third-order valence-electron chi connectivity index (χ3n) is 4.35. The molecule has 124 valence electrons. The quantitative estimate of drug-likeness (QED) is 0.821. The summed E-state index contributed by atoms with van der Waals surface area (Å²) in [7, 11) is 0. The van der Waals surface area contributed by atoms with Crippen LogP contribution in [0.2, 0.25) is 10.0 Å². The summed E-state index contributed by atoms with van der Waals surface area (Å²) in [5.74, 6) is -0.294. The summed E-state index contributed by atoms with van der Waals surface area (Å²) >= 11 is 12.3. The zero-order chi connectivity index (χ0) is 17.3. The Kier molecular flexibility index (Phi) is 4.52. The first-order valence-corrected chi connectivity index (χ1v) is 8.37. The highest BCUT2D eigenvalue weighted by molar-refractivity contribution is 6.36. The van der Waals surface area contributed by atoms with Crippen molar-refractivity contribution in [3.8, 4) is 0 Å². The molecule has 1 aliphatic rings. The van der Waals surface area contributed by atoms with Crippen molar-refractivity contribution >= 4 is 35.1 Å². The number of benzene rings is 2. The lowest BCUT2D eigenvalue weighted by Crippen LogP contribution is -2.43. The number of carbonyl (C=O) groups excluding carboxylic acids is 2. The Morgan fingerprint density at radius 2 is 1.62 bits per heavy atom. The molecule has 1 aliphatic heterocycles. The maximum absolute atomic E-state index is 13.1. The van der Waals surface area contributed by atoms with Crippen LogP contribution in [0.5, 0.6) is 0 Å². The molecule has 1 N–H and O–H groups in total. The summed E-state index contributed by atoms with van der Waals surface area (Å²) in [6.07, 6.45) is 0.453. The molecule has 1 saturated heterocycles. The number of amides is 3. The zero-order valence-corrected chi connectivity index (χ0v) is 14.6. The van der Waals surface area contributed by atoms with E-state index in [0.29, 0.717) is 22.0 Å². The summed E-state index contributed by atoms with van der Waals surface area (Å²) in [5.41, 5.74) is 0.273. The molecule has 1 atom stereocenters. The number of hydrogen-bond acceptors (Lipinski definition) is 2. The number of nitrogens with zero attached hydrogens (tertiary/aromatic N) is 1. The fraction of sp³-hybridized carbons (Fsp3) is 0.222. The average Bonchev–Trinajstić information content (AvgIpc) is 2.83. The largest absolute Gasteiger partial charge is 0.325 e. The molecular weight excluding hydrogens is 347 g/mol. The maximum Gasteiger partial charge on any atom is 0.325 e. The van der Waals surface area contributed by atoms with Crippen LogP contribution in [0, 0.1) is 0 Å². The molecule has 1 heterocycles. The zero-order valence-electron chi connectivity index (χ0n) is 13.1. The second-order valence-electron chi connectivity index (χ2n) is 5.65. The second-order valence-corrected chi connectivity index (χ2v) is 6.46. The minimum absolute atomic E-state index is 0.0394. The van der Waals surface area contributed by atoms with Gasteiger partial charge in [-0.3, -0.25) is 9.69 Å². The normalized spacial score (nSPS) is 20.4. The van der Waals surface area contributed by atoms with Crippen LogP contribution >= 0.6 is 23.2 Å². The number of urea groups is 1. The maximum atomic E-state index is 13.1. The predicted octanol–water partition coefficient (Wildman–Crippen LogP) is 4.35. The molecule has 0 unspecified atom stereocenters. The van der Waals surface area contributed by atoms with Gasteiger partial charge in [-0.25, -0.2) is 4.79 Å². The minimum atomic E-state index is -1.05. The van der Waals surface area contributed by atoms with Gasteiger partial charge < -0.3 is 5.32 Å². The third kappa shape index (κ3) is 2.66. The van der Waals surface area contributed by atoms with Crippen molar-refractivity contribution in [3.63, 3.8) is 0 Å². The molecule has 0 bridgehead atoms. The van der Waals surface area contributed by atoms with E-state index in [2.05, 4.69) is 5.32 Å². The summed E-state index contributed by atoms with van der Waals surface area (Å²) in [5, 5.41) is 3.70. The number of imide groups is 1. The van der Waals surface area contributed by atoms with Crippen molar-refractivity contribution in [2.45, 2.75) is 25.4 Å². The number of halogens is 2. The lowest BCUT2D eigenvalue weighted by Gasteiger charge is -2.25. The van der Waals surface area contributed by atoms with Crippen LogP contribution in [-0.2, 0) is 16.9 Å². The molecule has 2 aromatic rings. The van der Waals surface area contributed by atoms with E-state index in [1.54, 1.807) is 18.2 Å². The van der Waals surface area contributed by atoms with Crippen LogP contribution in [0.1, 0.15) is 24.5 Å². The van der Waals surface area contributed by atoms with E-state index in [1.165, 1.54) is 4.90 Å². The van der Waals surface area contributed by atoms with Gasteiger partial charge in [0.1, 0.15) is 5.54 Å². The van der Waals surface area contributed by atoms with Crippen LogP contribution in [-0.4, -0.2) is 16.8 Å². The van der Waals surface area contributed by atoms with Crippen molar-refractivity contribution in [2.24, 2.45) is 0 Å². The molecule has 0 saturated carbocycles. The Balaban J connectivity index is 1.97. The SMILES string of the molecule is CC[C@]1(c2ccccc2)NC(=O)N(Cc2c(Cl)cccc2Cl)C1=O. The fourth-order valence-electron chi connectivity index (χ4n) is 2.97. The van der Waals surface area contributed by atoms with E-state index in [9.17, 15) is 9.59 Å². The Morgan fingerprint density at radius 3 is 2.21 bits per heavy atom. The number of hydrogen-bond donors (Lipinski definition) is 1. The molecule has 3 amide bonds. The van der Waals surface area contributed by atoms with E-state index in [4.69, 9.17) is 23.2 Å². The van der Waals surface area contributed by atoms with Gasteiger partial charge >= 0.3 is 6.03 Å². The summed E-state index contributed by atoms with van der Waals surface area (Å²) < 4.78 is 0. The van der Waals surface area contributed by atoms with Crippen molar-refractivity contribution < 1.29 is 9.59 Å². The van der Waals surface area contributed by atoms with Gasteiger partial charge in [-0.15, -0.1) is 0 Å². The molecule has 2 aromatic carbocycles. The summed E-state index contributed by atoms with van der Waals surface area (Å²) in [6, 6.07) is 13.9. The Bertz CT molecular complexity index is 775. The molecule has 0 radical (unpaired) electrons. The van der Waals surface area contributed by atoms with Gasteiger partial charge in [0.2, 0.25) is 0 Å². The molecule has 1 fully saturated rings. The second kappa shape index (κ2) is 6.46. The topological polar surface area (TPSA) is 49.4 Å². The predicted molar refractivity (Wildman–Crippen MR) is 94.0 cm³/mol. The minimum Gasteiger partial charge on any atom is -0.319 e. The van der Waals surface area contributed by atoms with Crippen LogP contribution in [0.3, 0.4) is 0 Å². The smallest absolute Gasteiger partial charge is 0.319 e. The van der Waals surface area contributed by atoms with Gasteiger partial charge in [-0.1, -0.05) is 66.5 Å². The summed E-state index contributed by atoms with van der Waals surface area (Å²) in [4.78, 5) is 26.7. The monoisotopic (exact) mass is 362 g/mol. The van der Waals surface area contributed by atoms with Crippen molar-refractivity contribution in [1.82, 2.24) is 10.2 Å². The van der Waals surface area contributed by atoms with Gasteiger partial charge in [-0.05, 0) is 24.1 Å².